The SMILES string of the molecule is CCn1cc(NS(=O)(=O)c2cc(CN)ccc2C)cn1. The maximum Gasteiger partial charge on any atom is 0.262 e. The van der Waals surface area contributed by atoms with E-state index in [-0.39, 0.29) is 4.90 Å². The third kappa shape index (κ3) is 3.00. The second-order valence-corrected chi connectivity index (χ2v) is 6.15. The highest BCUT2D eigenvalue weighted by Gasteiger charge is 2.18. The number of hydrogen-bond donors (Lipinski definition) is 2. The number of benzene rings is 1. The lowest BCUT2D eigenvalue weighted by Gasteiger charge is -2.10. The van der Waals surface area contributed by atoms with E-state index in [1.54, 1.807) is 29.9 Å². The van der Waals surface area contributed by atoms with Crippen molar-refractivity contribution in [3.05, 3.63) is 41.7 Å². The molecule has 0 aliphatic carbocycles. The summed E-state index contributed by atoms with van der Waals surface area (Å²) in [5.74, 6) is 0. The van der Waals surface area contributed by atoms with E-state index in [0.29, 0.717) is 24.3 Å². The predicted molar refractivity (Wildman–Crippen MR) is 77.8 cm³/mol. The van der Waals surface area contributed by atoms with Gasteiger partial charge in [-0.25, -0.2) is 8.42 Å². The molecule has 7 heteroatoms. The second kappa shape index (κ2) is 5.64. The van der Waals surface area contributed by atoms with Crippen molar-refractivity contribution in [2.75, 3.05) is 4.72 Å². The Bertz CT molecular complexity index is 707. The van der Waals surface area contributed by atoms with E-state index < -0.39 is 10.0 Å². The Labute approximate surface area is 118 Å². The summed E-state index contributed by atoms with van der Waals surface area (Å²) in [6.45, 7) is 4.67. The molecule has 2 rings (SSSR count). The Balaban J connectivity index is 2.34. The lowest BCUT2D eigenvalue weighted by molar-refractivity contribution is 0.600. The Morgan fingerprint density at radius 2 is 2.15 bits per heavy atom. The quantitative estimate of drug-likeness (QED) is 0.873. The van der Waals surface area contributed by atoms with Crippen LogP contribution in [0.1, 0.15) is 18.1 Å². The van der Waals surface area contributed by atoms with E-state index in [0.717, 1.165) is 5.56 Å². The summed E-state index contributed by atoms with van der Waals surface area (Å²) in [6.07, 6.45) is 3.14. The number of aryl methyl sites for hydroxylation is 2. The van der Waals surface area contributed by atoms with Crippen LogP contribution < -0.4 is 10.5 Å². The van der Waals surface area contributed by atoms with Crippen molar-refractivity contribution in [2.24, 2.45) is 5.73 Å². The first-order chi connectivity index (χ1) is 9.46. The summed E-state index contributed by atoms with van der Waals surface area (Å²) in [7, 11) is -3.63. The molecule has 108 valence electrons. The maximum absolute atomic E-state index is 12.4. The predicted octanol–water partition coefficient (Wildman–Crippen LogP) is 1.47. The lowest BCUT2D eigenvalue weighted by atomic mass is 10.1. The molecule has 0 saturated heterocycles. The largest absolute Gasteiger partial charge is 0.326 e. The summed E-state index contributed by atoms with van der Waals surface area (Å²) in [5.41, 5.74) is 7.46. The fourth-order valence-electron chi connectivity index (χ4n) is 1.86. The van der Waals surface area contributed by atoms with Gasteiger partial charge in [-0.15, -0.1) is 0 Å². The van der Waals surface area contributed by atoms with E-state index in [1.807, 2.05) is 13.0 Å². The number of nitrogens with two attached hydrogens (primary N) is 1. The van der Waals surface area contributed by atoms with E-state index >= 15 is 0 Å². The van der Waals surface area contributed by atoms with Gasteiger partial charge in [-0.3, -0.25) is 9.40 Å². The van der Waals surface area contributed by atoms with Gasteiger partial charge in [0, 0.05) is 19.3 Å². The molecule has 3 N–H and O–H groups in total. The number of aromatic nitrogens is 2. The third-order valence-electron chi connectivity index (χ3n) is 2.99. The maximum atomic E-state index is 12.4. The van der Waals surface area contributed by atoms with Crippen LogP contribution in [0.2, 0.25) is 0 Å². The highest BCUT2D eigenvalue weighted by molar-refractivity contribution is 7.92. The zero-order valence-electron chi connectivity index (χ0n) is 11.5. The van der Waals surface area contributed by atoms with Crippen LogP contribution in [0.3, 0.4) is 0 Å². The van der Waals surface area contributed by atoms with Crippen LogP contribution in [0.15, 0.2) is 35.5 Å². The minimum Gasteiger partial charge on any atom is -0.326 e. The van der Waals surface area contributed by atoms with Gasteiger partial charge in [0.05, 0.1) is 16.8 Å². The fraction of sp³-hybridized carbons (Fsp3) is 0.308. The van der Waals surface area contributed by atoms with Crippen LogP contribution in [0, 0.1) is 6.92 Å². The van der Waals surface area contributed by atoms with Crippen LogP contribution in [0.5, 0.6) is 0 Å². The van der Waals surface area contributed by atoms with Crippen molar-refractivity contribution >= 4 is 15.7 Å². The second-order valence-electron chi connectivity index (χ2n) is 4.49. The molecule has 6 nitrogen and oxygen atoms in total. The number of anilines is 1. The zero-order chi connectivity index (χ0) is 14.8. The Morgan fingerprint density at radius 1 is 1.40 bits per heavy atom. The summed E-state index contributed by atoms with van der Waals surface area (Å²) in [4.78, 5) is 0.240. The third-order valence-corrected chi connectivity index (χ3v) is 4.51. The lowest BCUT2D eigenvalue weighted by Crippen LogP contribution is -2.14. The van der Waals surface area contributed by atoms with Crippen molar-refractivity contribution in [1.29, 1.82) is 0 Å². The van der Waals surface area contributed by atoms with E-state index in [4.69, 9.17) is 5.73 Å². The Kier molecular flexibility index (Phi) is 4.10. The molecule has 0 fully saturated rings. The van der Waals surface area contributed by atoms with Crippen molar-refractivity contribution in [1.82, 2.24) is 9.78 Å². The van der Waals surface area contributed by atoms with Crippen LogP contribution in [-0.2, 0) is 23.1 Å². The average Bonchev–Trinajstić information content (AvgIpc) is 2.86. The fourth-order valence-corrected chi connectivity index (χ4v) is 3.18. The molecular formula is C13H18N4O2S. The molecule has 0 radical (unpaired) electrons. The highest BCUT2D eigenvalue weighted by Crippen LogP contribution is 2.20. The monoisotopic (exact) mass is 294 g/mol. The van der Waals surface area contributed by atoms with Crippen molar-refractivity contribution in [3.63, 3.8) is 0 Å². The summed E-state index contributed by atoms with van der Waals surface area (Å²) in [6, 6.07) is 5.18. The molecule has 0 aliphatic heterocycles. The van der Waals surface area contributed by atoms with Gasteiger partial charge in [-0.1, -0.05) is 12.1 Å². The molecule has 0 spiro atoms. The first kappa shape index (κ1) is 14.5. The van der Waals surface area contributed by atoms with Crippen LogP contribution in [-0.4, -0.2) is 18.2 Å². The standard InChI is InChI=1S/C13H18N4O2S/c1-3-17-9-12(8-15-17)16-20(18,19)13-6-11(7-14)5-4-10(13)2/h4-6,8-9,16H,3,7,14H2,1-2H3. The van der Waals surface area contributed by atoms with Gasteiger partial charge in [-0.05, 0) is 31.0 Å². The van der Waals surface area contributed by atoms with Crippen molar-refractivity contribution < 1.29 is 8.42 Å². The Morgan fingerprint density at radius 3 is 2.75 bits per heavy atom. The average molecular weight is 294 g/mol. The van der Waals surface area contributed by atoms with E-state index in [2.05, 4.69) is 9.82 Å². The summed E-state index contributed by atoms with van der Waals surface area (Å²) < 4.78 is 29.0. The number of rotatable bonds is 5. The molecule has 1 aromatic carbocycles. The summed E-state index contributed by atoms with van der Waals surface area (Å²) in [5, 5.41) is 4.04. The summed E-state index contributed by atoms with van der Waals surface area (Å²) >= 11 is 0. The number of hydrogen-bond acceptors (Lipinski definition) is 4. The first-order valence-corrected chi connectivity index (χ1v) is 7.79. The zero-order valence-corrected chi connectivity index (χ0v) is 12.3. The molecule has 1 heterocycles. The Hall–Kier alpha value is -1.86. The molecule has 1 aromatic heterocycles. The van der Waals surface area contributed by atoms with Gasteiger partial charge in [0.15, 0.2) is 0 Å². The topological polar surface area (TPSA) is 90.0 Å². The molecule has 0 saturated carbocycles. The molecule has 0 atom stereocenters. The van der Waals surface area contributed by atoms with Crippen LogP contribution >= 0.6 is 0 Å². The smallest absolute Gasteiger partial charge is 0.262 e. The molecule has 2 aromatic rings. The van der Waals surface area contributed by atoms with Gasteiger partial charge >= 0.3 is 0 Å². The molecule has 20 heavy (non-hydrogen) atoms. The number of nitrogens with one attached hydrogen (secondary N) is 1. The number of nitrogens with zero attached hydrogens (tertiary/aromatic N) is 2. The first-order valence-electron chi connectivity index (χ1n) is 6.31. The van der Waals surface area contributed by atoms with Gasteiger partial charge in [0.1, 0.15) is 0 Å². The highest BCUT2D eigenvalue weighted by atomic mass is 32.2. The molecular weight excluding hydrogens is 276 g/mol. The molecule has 0 aliphatic rings. The van der Waals surface area contributed by atoms with Gasteiger partial charge in [0.25, 0.3) is 10.0 Å². The van der Waals surface area contributed by atoms with Gasteiger partial charge in [0.2, 0.25) is 0 Å². The van der Waals surface area contributed by atoms with Crippen molar-refractivity contribution in [2.45, 2.75) is 31.8 Å². The van der Waals surface area contributed by atoms with Crippen LogP contribution in [0.4, 0.5) is 5.69 Å². The van der Waals surface area contributed by atoms with Gasteiger partial charge in [-0.2, -0.15) is 5.10 Å². The molecule has 0 amide bonds. The van der Waals surface area contributed by atoms with E-state index in [9.17, 15) is 8.42 Å². The van der Waals surface area contributed by atoms with Crippen molar-refractivity contribution in [3.8, 4) is 0 Å². The van der Waals surface area contributed by atoms with E-state index in [1.165, 1.54) is 6.20 Å². The van der Waals surface area contributed by atoms with Gasteiger partial charge < -0.3 is 5.73 Å². The minimum atomic E-state index is -3.63. The van der Waals surface area contributed by atoms with Crippen LogP contribution in [0.25, 0.3) is 0 Å². The normalized spacial score (nSPS) is 11.6. The molecule has 0 bridgehead atoms. The minimum absolute atomic E-state index is 0.240. The number of sulfonamides is 1. The molecule has 0 unspecified atom stereocenters.